The van der Waals surface area contributed by atoms with Crippen molar-refractivity contribution in [2.75, 3.05) is 5.32 Å². The maximum absolute atomic E-state index is 6.31. The summed E-state index contributed by atoms with van der Waals surface area (Å²) in [5.41, 5.74) is 2.76. The minimum atomic E-state index is 0.653. The molecule has 20 heavy (non-hydrogen) atoms. The van der Waals surface area contributed by atoms with Crippen molar-refractivity contribution in [3.8, 4) is 5.69 Å². The predicted octanol–water partition coefficient (Wildman–Crippen LogP) is 3.97. The number of nitrogens with one attached hydrogen (secondary N) is 1. The number of benzene rings is 1. The summed E-state index contributed by atoms with van der Waals surface area (Å²) < 4.78 is 1.87. The first-order valence-electron chi connectivity index (χ1n) is 6.21. The molecule has 0 aliphatic rings. The van der Waals surface area contributed by atoms with Crippen molar-refractivity contribution >= 4 is 23.1 Å². The second-order valence-electron chi connectivity index (χ2n) is 4.43. The van der Waals surface area contributed by atoms with Crippen LogP contribution in [0, 0.1) is 6.92 Å². The van der Waals surface area contributed by atoms with Crippen molar-refractivity contribution in [3.05, 3.63) is 65.8 Å². The molecule has 0 aliphatic carbocycles. The molecular formula is C15H13ClN4. The van der Waals surface area contributed by atoms with Crippen LogP contribution in [0.5, 0.6) is 0 Å². The molecule has 5 heteroatoms. The molecule has 0 atom stereocenters. The third-order valence-electron chi connectivity index (χ3n) is 2.89. The van der Waals surface area contributed by atoms with Gasteiger partial charge in [0, 0.05) is 23.8 Å². The first-order valence-corrected chi connectivity index (χ1v) is 6.59. The topological polar surface area (TPSA) is 42.7 Å². The van der Waals surface area contributed by atoms with Gasteiger partial charge in [-0.15, -0.1) is 0 Å². The summed E-state index contributed by atoms with van der Waals surface area (Å²) in [7, 11) is 0. The van der Waals surface area contributed by atoms with E-state index in [9.17, 15) is 0 Å². The Balaban J connectivity index is 1.87. The number of nitrogens with zero attached hydrogens (tertiary/aromatic N) is 3. The highest BCUT2D eigenvalue weighted by molar-refractivity contribution is 6.32. The number of imidazole rings is 1. The second-order valence-corrected chi connectivity index (χ2v) is 4.83. The van der Waals surface area contributed by atoms with Gasteiger partial charge in [0.15, 0.2) is 0 Å². The molecule has 100 valence electrons. The van der Waals surface area contributed by atoms with Crippen molar-refractivity contribution in [2.24, 2.45) is 0 Å². The average Bonchev–Trinajstić information content (AvgIpc) is 2.92. The molecule has 2 aromatic heterocycles. The number of pyridine rings is 1. The SMILES string of the molecule is Cc1cccc(Nc2ccc(-n3ccnc3)c(Cl)c2)n1. The molecule has 3 aromatic rings. The molecule has 0 unspecified atom stereocenters. The summed E-state index contributed by atoms with van der Waals surface area (Å²) in [5, 5.41) is 3.89. The molecular weight excluding hydrogens is 272 g/mol. The highest BCUT2D eigenvalue weighted by Crippen LogP contribution is 2.25. The van der Waals surface area contributed by atoms with E-state index >= 15 is 0 Å². The zero-order valence-corrected chi connectivity index (χ0v) is 11.7. The van der Waals surface area contributed by atoms with Crippen molar-refractivity contribution in [1.82, 2.24) is 14.5 Å². The van der Waals surface area contributed by atoms with Gasteiger partial charge in [0.25, 0.3) is 0 Å². The summed E-state index contributed by atoms with van der Waals surface area (Å²) in [6.07, 6.45) is 5.30. The molecule has 0 bridgehead atoms. The number of anilines is 2. The fraction of sp³-hybridized carbons (Fsp3) is 0.0667. The molecule has 4 nitrogen and oxygen atoms in total. The largest absolute Gasteiger partial charge is 0.340 e. The van der Waals surface area contributed by atoms with Gasteiger partial charge in [0.05, 0.1) is 17.0 Å². The Hall–Kier alpha value is -2.33. The maximum atomic E-state index is 6.31. The van der Waals surface area contributed by atoms with Gasteiger partial charge in [0.2, 0.25) is 0 Å². The molecule has 0 spiro atoms. The number of hydrogen-bond donors (Lipinski definition) is 1. The molecule has 3 rings (SSSR count). The van der Waals surface area contributed by atoms with Crippen LogP contribution in [-0.2, 0) is 0 Å². The van der Waals surface area contributed by atoms with E-state index in [1.807, 2.05) is 54.1 Å². The van der Waals surface area contributed by atoms with Crippen LogP contribution < -0.4 is 5.32 Å². The monoisotopic (exact) mass is 284 g/mol. The van der Waals surface area contributed by atoms with Crippen LogP contribution in [0.2, 0.25) is 5.02 Å². The fourth-order valence-corrected chi connectivity index (χ4v) is 2.23. The Morgan fingerprint density at radius 3 is 2.80 bits per heavy atom. The minimum absolute atomic E-state index is 0.653. The Morgan fingerprint density at radius 2 is 2.10 bits per heavy atom. The van der Waals surface area contributed by atoms with Crippen molar-refractivity contribution in [2.45, 2.75) is 6.92 Å². The zero-order valence-electron chi connectivity index (χ0n) is 10.9. The standard InChI is InChI=1S/C15H13ClN4/c1-11-3-2-4-15(18-11)19-12-5-6-14(13(16)9-12)20-8-7-17-10-20/h2-10H,1H3,(H,18,19). The summed E-state index contributed by atoms with van der Waals surface area (Å²) >= 11 is 6.31. The van der Waals surface area contributed by atoms with Crippen LogP contribution in [0.1, 0.15) is 5.69 Å². The smallest absolute Gasteiger partial charge is 0.130 e. The molecule has 0 amide bonds. The van der Waals surface area contributed by atoms with Crippen LogP contribution >= 0.6 is 11.6 Å². The number of aryl methyl sites for hydroxylation is 1. The fourth-order valence-electron chi connectivity index (χ4n) is 1.96. The molecule has 1 aromatic carbocycles. The molecule has 1 N–H and O–H groups in total. The highest BCUT2D eigenvalue weighted by atomic mass is 35.5. The third kappa shape index (κ3) is 2.65. The van der Waals surface area contributed by atoms with Gasteiger partial charge in [-0.3, -0.25) is 0 Å². The predicted molar refractivity (Wildman–Crippen MR) is 80.8 cm³/mol. The summed E-state index contributed by atoms with van der Waals surface area (Å²) in [6.45, 7) is 1.96. The van der Waals surface area contributed by atoms with Crippen LogP contribution in [0.4, 0.5) is 11.5 Å². The summed E-state index contributed by atoms with van der Waals surface area (Å²) in [6, 6.07) is 11.6. The van der Waals surface area contributed by atoms with Gasteiger partial charge in [-0.1, -0.05) is 17.7 Å². The van der Waals surface area contributed by atoms with Crippen LogP contribution in [0.15, 0.2) is 55.1 Å². The van der Waals surface area contributed by atoms with E-state index in [0.29, 0.717) is 5.02 Å². The summed E-state index contributed by atoms with van der Waals surface area (Å²) in [4.78, 5) is 8.42. The minimum Gasteiger partial charge on any atom is -0.340 e. The first kappa shape index (κ1) is 12.7. The normalized spacial score (nSPS) is 10.5. The lowest BCUT2D eigenvalue weighted by molar-refractivity contribution is 1.06. The lowest BCUT2D eigenvalue weighted by Crippen LogP contribution is -1.96. The summed E-state index contributed by atoms with van der Waals surface area (Å²) in [5.74, 6) is 0.802. The molecule has 0 aliphatic heterocycles. The lowest BCUT2D eigenvalue weighted by Gasteiger charge is -2.10. The Bertz CT molecular complexity index is 722. The van der Waals surface area contributed by atoms with Gasteiger partial charge in [-0.05, 0) is 37.3 Å². The third-order valence-corrected chi connectivity index (χ3v) is 3.19. The molecule has 0 saturated heterocycles. The van der Waals surface area contributed by atoms with E-state index in [4.69, 9.17) is 11.6 Å². The van der Waals surface area contributed by atoms with E-state index in [-0.39, 0.29) is 0 Å². The molecule has 0 radical (unpaired) electrons. The quantitative estimate of drug-likeness (QED) is 0.791. The van der Waals surface area contributed by atoms with Gasteiger partial charge in [-0.2, -0.15) is 0 Å². The average molecular weight is 285 g/mol. The Morgan fingerprint density at radius 1 is 1.20 bits per heavy atom. The number of hydrogen-bond acceptors (Lipinski definition) is 3. The van der Waals surface area contributed by atoms with Gasteiger partial charge < -0.3 is 9.88 Å². The van der Waals surface area contributed by atoms with Gasteiger partial charge >= 0.3 is 0 Å². The van der Waals surface area contributed by atoms with Crippen molar-refractivity contribution in [1.29, 1.82) is 0 Å². The van der Waals surface area contributed by atoms with E-state index in [0.717, 1.165) is 22.9 Å². The number of rotatable bonds is 3. The highest BCUT2D eigenvalue weighted by Gasteiger charge is 2.04. The number of aromatic nitrogens is 3. The van der Waals surface area contributed by atoms with Crippen molar-refractivity contribution in [3.63, 3.8) is 0 Å². The molecule has 0 saturated carbocycles. The first-order chi connectivity index (χ1) is 9.72. The van der Waals surface area contributed by atoms with E-state index in [2.05, 4.69) is 15.3 Å². The lowest BCUT2D eigenvalue weighted by atomic mass is 10.2. The van der Waals surface area contributed by atoms with Crippen LogP contribution in [-0.4, -0.2) is 14.5 Å². The Kier molecular flexibility index (Phi) is 3.39. The Labute approximate surface area is 122 Å². The number of halogens is 1. The zero-order chi connectivity index (χ0) is 13.9. The van der Waals surface area contributed by atoms with E-state index < -0.39 is 0 Å². The van der Waals surface area contributed by atoms with Gasteiger partial charge in [-0.25, -0.2) is 9.97 Å². The maximum Gasteiger partial charge on any atom is 0.130 e. The second kappa shape index (κ2) is 5.35. The van der Waals surface area contributed by atoms with E-state index in [1.165, 1.54) is 0 Å². The molecule has 2 heterocycles. The van der Waals surface area contributed by atoms with Crippen molar-refractivity contribution < 1.29 is 0 Å². The van der Waals surface area contributed by atoms with Crippen LogP contribution in [0.25, 0.3) is 5.69 Å². The van der Waals surface area contributed by atoms with Crippen LogP contribution in [0.3, 0.4) is 0 Å². The van der Waals surface area contributed by atoms with Gasteiger partial charge in [0.1, 0.15) is 5.82 Å². The van der Waals surface area contributed by atoms with E-state index in [1.54, 1.807) is 12.5 Å². The molecule has 0 fully saturated rings.